The van der Waals surface area contributed by atoms with Crippen molar-refractivity contribution < 1.29 is 18.8 Å². The number of amides is 2. The number of hydrogen-bond acceptors (Lipinski definition) is 5. The molecule has 138 valence electrons. The number of urea groups is 1. The van der Waals surface area contributed by atoms with E-state index in [0.29, 0.717) is 16.3 Å². The van der Waals surface area contributed by atoms with E-state index in [1.54, 1.807) is 55.5 Å². The summed E-state index contributed by atoms with van der Waals surface area (Å²) in [6, 6.07) is 15.0. The summed E-state index contributed by atoms with van der Waals surface area (Å²) in [7, 11) is 0. The van der Waals surface area contributed by atoms with Crippen molar-refractivity contribution in [3.05, 3.63) is 65.2 Å². The summed E-state index contributed by atoms with van der Waals surface area (Å²) in [6.45, 7) is 1.85. The molecule has 0 spiro atoms. The molecular formula is C19H16ClN3O4. The molecule has 3 aromatic rings. The topological polar surface area (TPSA) is 93.5 Å². The smallest absolute Gasteiger partial charge is 0.346 e. The molecule has 0 radical (unpaired) electrons. The highest BCUT2D eigenvalue weighted by Gasteiger charge is 2.26. The van der Waals surface area contributed by atoms with Crippen molar-refractivity contribution in [1.29, 1.82) is 0 Å². The van der Waals surface area contributed by atoms with Gasteiger partial charge in [0.05, 0.1) is 6.61 Å². The van der Waals surface area contributed by atoms with Gasteiger partial charge in [-0.25, -0.2) is 9.59 Å². The second-order valence-corrected chi connectivity index (χ2v) is 5.84. The van der Waals surface area contributed by atoms with Gasteiger partial charge in [-0.2, -0.15) is 0 Å². The fourth-order valence-electron chi connectivity index (χ4n) is 2.36. The van der Waals surface area contributed by atoms with Gasteiger partial charge in [0.2, 0.25) is 5.88 Å². The van der Waals surface area contributed by atoms with E-state index in [2.05, 4.69) is 15.8 Å². The Labute approximate surface area is 160 Å². The summed E-state index contributed by atoms with van der Waals surface area (Å²) in [5.41, 5.74) is 1.47. The van der Waals surface area contributed by atoms with Gasteiger partial charge in [0.15, 0.2) is 5.56 Å². The van der Waals surface area contributed by atoms with E-state index in [9.17, 15) is 9.59 Å². The first-order valence-corrected chi connectivity index (χ1v) is 8.52. The van der Waals surface area contributed by atoms with E-state index in [1.165, 1.54) is 0 Å². The Morgan fingerprint density at radius 1 is 1.07 bits per heavy atom. The van der Waals surface area contributed by atoms with Crippen LogP contribution in [0.2, 0.25) is 5.02 Å². The molecular weight excluding hydrogens is 370 g/mol. The summed E-state index contributed by atoms with van der Waals surface area (Å²) in [6.07, 6.45) is 0. The van der Waals surface area contributed by atoms with Gasteiger partial charge in [-0.15, -0.1) is 0 Å². The molecule has 0 aliphatic carbocycles. The zero-order chi connectivity index (χ0) is 19.2. The van der Waals surface area contributed by atoms with Crippen LogP contribution >= 0.6 is 11.6 Å². The number of para-hydroxylation sites is 1. The van der Waals surface area contributed by atoms with E-state index in [4.69, 9.17) is 20.9 Å². The number of aromatic nitrogens is 1. The molecule has 2 N–H and O–H groups in total. The molecule has 2 amide bonds. The number of benzene rings is 2. The third kappa shape index (κ3) is 4.45. The van der Waals surface area contributed by atoms with Gasteiger partial charge in [0, 0.05) is 16.3 Å². The quantitative estimate of drug-likeness (QED) is 0.614. The Hall–Kier alpha value is -3.32. The molecule has 1 aromatic heterocycles. The fraction of sp³-hybridized carbons (Fsp3) is 0.105. The number of carbonyl (C=O) groups excluding carboxylic acids is 2. The van der Waals surface area contributed by atoms with E-state index in [-0.39, 0.29) is 23.7 Å². The molecule has 0 bridgehead atoms. The highest BCUT2D eigenvalue weighted by Crippen LogP contribution is 2.30. The van der Waals surface area contributed by atoms with Crippen LogP contribution < -0.4 is 10.6 Å². The first kappa shape index (κ1) is 18.5. The van der Waals surface area contributed by atoms with E-state index < -0.39 is 12.0 Å². The van der Waals surface area contributed by atoms with E-state index >= 15 is 0 Å². The number of carbonyl (C=O) groups is 2. The third-order valence-electron chi connectivity index (χ3n) is 3.55. The number of anilines is 2. The lowest BCUT2D eigenvalue weighted by atomic mass is 10.1. The van der Waals surface area contributed by atoms with Crippen molar-refractivity contribution in [2.45, 2.75) is 6.92 Å². The minimum absolute atomic E-state index is 0.0300. The molecule has 0 atom stereocenters. The molecule has 1 heterocycles. The second kappa shape index (κ2) is 8.37. The Morgan fingerprint density at radius 3 is 2.44 bits per heavy atom. The Morgan fingerprint density at radius 2 is 1.78 bits per heavy atom. The summed E-state index contributed by atoms with van der Waals surface area (Å²) in [5, 5.41) is 9.59. The van der Waals surface area contributed by atoms with Crippen molar-refractivity contribution in [3.8, 4) is 11.3 Å². The van der Waals surface area contributed by atoms with Crippen molar-refractivity contribution in [3.63, 3.8) is 0 Å². The van der Waals surface area contributed by atoms with Gasteiger partial charge in [-0.05, 0) is 31.2 Å². The van der Waals surface area contributed by atoms with Crippen molar-refractivity contribution in [2.75, 3.05) is 17.2 Å². The molecule has 0 aliphatic rings. The largest absolute Gasteiger partial charge is 0.462 e. The number of halogens is 1. The maximum Gasteiger partial charge on any atom is 0.346 e. The first-order chi connectivity index (χ1) is 13.1. The normalized spacial score (nSPS) is 10.3. The lowest BCUT2D eigenvalue weighted by Crippen LogP contribution is -2.20. The van der Waals surface area contributed by atoms with Crippen LogP contribution in [-0.4, -0.2) is 23.8 Å². The average molecular weight is 386 g/mol. The van der Waals surface area contributed by atoms with Crippen LogP contribution in [0.4, 0.5) is 16.4 Å². The maximum absolute atomic E-state index is 12.4. The number of nitrogens with one attached hydrogen (secondary N) is 2. The summed E-state index contributed by atoms with van der Waals surface area (Å²) in [5.74, 6) is -0.759. The average Bonchev–Trinajstić information content (AvgIpc) is 3.06. The zero-order valence-corrected chi connectivity index (χ0v) is 15.1. The molecule has 8 heteroatoms. The molecule has 7 nitrogen and oxygen atoms in total. The lowest BCUT2D eigenvalue weighted by molar-refractivity contribution is 0.0528. The van der Waals surface area contributed by atoms with Crippen molar-refractivity contribution >= 4 is 35.2 Å². The van der Waals surface area contributed by atoms with Crippen molar-refractivity contribution in [2.24, 2.45) is 0 Å². The molecule has 27 heavy (non-hydrogen) atoms. The summed E-state index contributed by atoms with van der Waals surface area (Å²) >= 11 is 5.90. The van der Waals surface area contributed by atoms with Crippen LogP contribution in [0.25, 0.3) is 11.3 Å². The van der Waals surface area contributed by atoms with Crippen LogP contribution in [-0.2, 0) is 4.74 Å². The lowest BCUT2D eigenvalue weighted by Gasteiger charge is -2.07. The number of rotatable bonds is 5. The van der Waals surface area contributed by atoms with Gasteiger partial charge >= 0.3 is 12.0 Å². The van der Waals surface area contributed by atoms with Gasteiger partial charge in [-0.1, -0.05) is 47.1 Å². The van der Waals surface area contributed by atoms with Crippen LogP contribution in [0.3, 0.4) is 0 Å². The van der Waals surface area contributed by atoms with Gasteiger partial charge < -0.3 is 14.6 Å². The Kier molecular flexibility index (Phi) is 5.73. The van der Waals surface area contributed by atoms with Crippen molar-refractivity contribution in [1.82, 2.24) is 5.16 Å². The first-order valence-electron chi connectivity index (χ1n) is 8.14. The number of nitrogens with zero attached hydrogens (tertiary/aromatic N) is 1. The highest BCUT2D eigenvalue weighted by molar-refractivity contribution is 6.30. The Bertz CT molecular complexity index is 939. The minimum Gasteiger partial charge on any atom is -0.462 e. The predicted molar refractivity (Wildman–Crippen MR) is 102 cm³/mol. The van der Waals surface area contributed by atoms with Crippen LogP contribution in [0.1, 0.15) is 17.3 Å². The fourth-order valence-corrected chi connectivity index (χ4v) is 2.49. The third-order valence-corrected chi connectivity index (χ3v) is 3.80. The molecule has 0 aliphatic heterocycles. The maximum atomic E-state index is 12.4. The van der Waals surface area contributed by atoms with Gasteiger partial charge in [-0.3, -0.25) is 5.32 Å². The zero-order valence-electron chi connectivity index (χ0n) is 14.4. The van der Waals surface area contributed by atoms with Gasteiger partial charge in [0.25, 0.3) is 0 Å². The van der Waals surface area contributed by atoms with E-state index in [0.717, 1.165) is 0 Å². The Balaban J connectivity index is 1.89. The molecule has 0 unspecified atom stereocenters. The number of hydrogen-bond donors (Lipinski definition) is 2. The number of esters is 1. The monoisotopic (exact) mass is 385 g/mol. The van der Waals surface area contributed by atoms with Crippen LogP contribution in [0.5, 0.6) is 0 Å². The van der Waals surface area contributed by atoms with E-state index in [1.807, 2.05) is 6.07 Å². The molecule has 0 fully saturated rings. The predicted octanol–water partition coefficient (Wildman–Crippen LogP) is 4.82. The van der Waals surface area contributed by atoms with Crippen LogP contribution in [0.15, 0.2) is 59.1 Å². The number of ether oxygens (including phenoxy) is 1. The highest BCUT2D eigenvalue weighted by atomic mass is 35.5. The molecule has 0 saturated carbocycles. The SMILES string of the molecule is CCOC(=O)c1c(-c2ccc(Cl)cc2)noc1NC(=O)Nc1ccccc1. The summed E-state index contributed by atoms with van der Waals surface area (Å²) in [4.78, 5) is 24.6. The molecule has 2 aromatic carbocycles. The second-order valence-electron chi connectivity index (χ2n) is 5.41. The standard InChI is InChI=1S/C19H16ClN3O4/c1-2-26-18(24)15-16(12-8-10-13(20)11-9-12)23-27-17(15)22-19(25)21-14-6-4-3-5-7-14/h3-11H,2H2,1H3,(H2,21,22,25). The minimum atomic E-state index is -0.654. The summed E-state index contributed by atoms with van der Waals surface area (Å²) < 4.78 is 10.3. The molecule has 3 rings (SSSR count). The molecule has 0 saturated heterocycles. The van der Waals surface area contributed by atoms with Crippen LogP contribution in [0, 0.1) is 0 Å². The van der Waals surface area contributed by atoms with Gasteiger partial charge in [0.1, 0.15) is 5.69 Å².